The molecule has 136 valence electrons. The predicted molar refractivity (Wildman–Crippen MR) is 98.2 cm³/mol. The Labute approximate surface area is 152 Å². The quantitative estimate of drug-likeness (QED) is 0.914. The van der Waals surface area contributed by atoms with Crippen LogP contribution in [0, 0.1) is 0 Å². The molecule has 2 unspecified atom stereocenters. The molecule has 1 aromatic carbocycles. The number of methoxy groups -OCH3 is 1. The number of aliphatic imine (C=N–C) groups is 1. The highest BCUT2D eigenvalue weighted by Gasteiger charge is 2.37. The summed E-state index contributed by atoms with van der Waals surface area (Å²) in [5, 5.41) is 10.2. The maximum Gasteiger partial charge on any atom is 0.161 e. The Balaban J connectivity index is 1.89. The molecule has 0 spiro atoms. The third-order valence-electron chi connectivity index (χ3n) is 5.18. The molecule has 2 aliphatic rings. The van der Waals surface area contributed by atoms with Crippen LogP contribution in [0.2, 0.25) is 0 Å². The number of aromatic nitrogens is 2. The highest BCUT2D eigenvalue weighted by molar-refractivity contribution is 6.13. The summed E-state index contributed by atoms with van der Waals surface area (Å²) >= 11 is 0. The number of hydrogen-bond acceptors (Lipinski definition) is 6. The van der Waals surface area contributed by atoms with Crippen molar-refractivity contribution in [2.45, 2.75) is 44.2 Å². The Kier molecular flexibility index (Phi) is 4.59. The number of ether oxygens (including phenoxy) is 2. The van der Waals surface area contributed by atoms with Crippen molar-refractivity contribution in [3.05, 3.63) is 47.5 Å². The van der Waals surface area contributed by atoms with E-state index in [1.807, 2.05) is 13.0 Å². The lowest BCUT2D eigenvalue weighted by molar-refractivity contribution is 0.111. The van der Waals surface area contributed by atoms with E-state index in [4.69, 9.17) is 14.5 Å². The summed E-state index contributed by atoms with van der Waals surface area (Å²) in [6.07, 6.45) is 7.16. The van der Waals surface area contributed by atoms with Gasteiger partial charge in [-0.15, -0.1) is 0 Å². The van der Waals surface area contributed by atoms with Gasteiger partial charge >= 0.3 is 0 Å². The maximum absolute atomic E-state index is 10.2. The monoisotopic (exact) mass is 353 g/mol. The molecule has 0 amide bonds. The van der Waals surface area contributed by atoms with Crippen LogP contribution < -0.4 is 9.47 Å². The second-order valence-corrected chi connectivity index (χ2v) is 6.73. The van der Waals surface area contributed by atoms with E-state index in [1.54, 1.807) is 25.7 Å². The fraction of sp³-hybridized carbons (Fsp3) is 0.450. The lowest BCUT2D eigenvalue weighted by Gasteiger charge is -2.37. The van der Waals surface area contributed by atoms with Crippen molar-refractivity contribution in [3.8, 4) is 11.5 Å². The molecule has 1 aliphatic carbocycles. The Morgan fingerprint density at radius 2 is 2.08 bits per heavy atom. The topological polar surface area (TPSA) is 76.8 Å². The molecule has 1 aromatic heterocycles. The summed E-state index contributed by atoms with van der Waals surface area (Å²) in [5.74, 6) is 1.59. The molecule has 1 aliphatic heterocycles. The molecule has 26 heavy (non-hydrogen) atoms. The van der Waals surface area contributed by atoms with Crippen LogP contribution in [-0.2, 0) is 0 Å². The number of hydrogen-bond donors (Lipinski definition) is 1. The minimum absolute atomic E-state index is 0.144. The molecule has 2 aromatic rings. The molecule has 1 N–H and O–H groups in total. The normalized spacial score (nSPS) is 24.3. The van der Waals surface area contributed by atoms with E-state index < -0.39 is 0 Å². The molecular weight excluding hydrogens is 330 g/mol. The highest BCUT2D eigenvalue weighted by atomic mass is 16.5. The average molecular weight is 353 g/mol. The van der Waals surface area contributed by atoms with Gasteiger partial charge in [0.25, 0.3) is 0 Å². The first-order valence-electron chi connectivity index (χ1n) is 9.08. The SMILES string of the molecule is CCOc1cc2c(cc1OC)C(c1cnccn1)=NC1CCC(O)C[C@H]21. The summed E-state index contributed by atoms with van der Waals surface area (Å²) in [7, 11) is 1.64. The number of aliphatic hydroxyl groups is 1. The zero-order chi connectivity index (χ0) is 18.1. The van der Waals surface area contributed by atoms with Gasteiger partial charge in [0, 0.05) is 23.9 Å². The summed E-state index contributed by atoms with van der Waals surface area (Å²) in [4.78, 5) is 13.7. The minimum atomic E-state index is -0.282. The van der Waals surface area contributed by atoms with Crippen LogP contribution >= 0.6 is 0 Å². The first-order chi connectivity index (χ1) is 12.7. The third-order valence-corrected chi connectivity index (χ3v) is 5.18. The fourth-order valence-corrected chi connectivity index (χ4v) is 4.00. The van der Waals surface area contributed by atoms with Crippen molar-refractivity contribution in [1.29, 1.82) is 0 Å². The van der Waals surface area contributed by atoms with Crippen molar-refractivity contribution in [3.63, 3.8) is 0 Å². The van der Waals surface area contributed by atoms with E-state index in [-0.39, 0.29) is 18.1 Å². The van der Waals surface area contributed by atoms with E-state index in [0.717, 1.165) is 41.1 Å². The largest absolute Gasteiger partial charge is 0.493 e. The van der Waals surface area contributed by atoms with Crippen LogP contribution in [0.25, 0.3) is 0 Å². The van der Waals surface area contributed by atoms with Crippen molar-refractivity contribution in [2.75, 3.05) is 13.7 Å². The number of rotatable bonds is 4. The summed E-state index contributed by atoms with van der Waals surface area (Å²) in [5.41, 5.74) is 3.73. The zero-order valence-corrected chi connectivity index (χ0v) is 15.1. The van der Waals surface area contributed by atoms with Crippen LogP contribution in [0.1, 0.15) is 48.9 Å². The molecule has 0 radical (unpaired) electrons. The number of nitrogens with zero attached hydrogens (tertiary/aromatic N) is 3. The summed E-state index contributed by atoms with van der Waals surface area (Å²) in [6, 6.07) is 4.18. The van der Waals surface area contributed by atoms with Crippen LogP contribution in [0.3, 0.4) is 0 Å². The van der Waals surface area contributed by atoms with E-state index in [2.05, 4.69) is 16.0 Å². The first kappa shape index (κ1) is 17.0. The molecule has 1 fully saturated rings. The Hall–Kier alpha value is -2.47. The van der Waals surface area contributed by atoms with E-state index >= 15 is 0 Å². The molecule has 0 bridgehead atoms. The molecule has 2 heterocycles. The van der Waals surface area contributed by atoms with Crippen LogP contribution in [-0.4, -0.2) is 46.6 Å². The summed E-state index contributed by atoms with van der Waals surface area (Å²) < 4.78 is 11.3. The second kappa shape index (κ2) is 7.03. The maximum atomic E-state index is 10.2. The van der Waals surface area contributed by atoms with Gasteiger partial charge in [0.15, 0.2) is 11.5 Å². The molecular formula is C20H23N3O3. The van der Waals surface area contributed by atoms with Gasteiger partial charge < -0.3 is 14.6 Å². The summed E-state index contributed by atoms with van der Waals surface area (Å²) in [6.45, 7) is 2.52. The van der Waals surface area contributed by atoms with Gasteiger partial charge in [0.2, 0.25) is 0 Å². The van der Waals surface area contributed by atoms with Gasteiger partial charge in [0.1, 0.15) is 5.69 Å². The van der Waals surface area contributed by atoms with E-state index in [1.165, 1.54) is 0 Å². The van der Waals surface area contributed by atoms with E-state index in [9.17, 15) is 5.11 Å². The molecule has 4 rings (SSSR count). The van der Waals surface area contributed by atoms with Crippen molar-refractivity contribution < 1.29 is 14.6 Å². The van der Waals surface area contributed by atoms with Crippen LogP contribution in [0.15, 0.2) is 35.7 Å². The van der Waals surface area contributed by atoms with Crippen LogP contribution in [0.4, 0.5) is 0 Å². The standard InChI is InChI=1S/C20H23N3O3/c1-3-26-19-9-13-14-8-12(24)4-5-16(14)23-20(15(13)10-18(19)25-2)17-11-21-6-7-22-17/h6-7,9-12,14,16,24H,3-5,8H2,1-2H3/t12?,14-,16?/m1/s1. The second-order valence-electron chi connectivity index (χ2n) is 6.73. The van der Waals surface area contributed by atoms with Gasteiger partial charge in [-0.3, -0.25) is 15.0 Å². The molecule has 0 saturated heterocycles. The molecule has 1 saturated carbocycles. The van der Waals surface area contributed by atoms with Crippen molar-refractivity contribution >= 4 is 5.71 Å². The Morgan fingerprint density at radius 3 is 2.81 bits per heavy atom. The number of aliphatic hydroxyl groups excluding tert-OH is 1. The van der Waals surface area contributed by atoms with Crippen molar-refractivity contribution in [2.24, 2.45) is 4.99 Å². The molecule has 6 nitrogen and oxygen atoms in total. The van der Waals surface area contributed by atoms with Gasteiger partial charge in [-0.25, -0.2) is 0 Å². The van der Waals surface area contributed by atoms with Gasteiger partial charge in [-0.1, -0.05) is 0 Å². The number of fused-ring (bicyclic) bond motifs is 3. The Bertz CT molecular complexity index is 823. The first-order valence-corrected chi connectivity index (χ1v) is 9.08. The van der Waals surface area contributed by atoms with Gasteiger partial charge in [-0.05, 0) is 43.9 Å². The van der Waals surface area contributed by atoms with E-state index in [0.29, 0.717) is 18.8 Å². The van der Waals surface area contributed by atoms with Gasteiger partial charge in [0.05, 0.1) is 37.8 Å². The fourth-order valence-electron chi connectivity index (χ4n) is 4.00. The third kappa shape index (κ3) is 2.94. The van der Waals surface area contributed by atoms with Gasteiger partial charge in [-0.2, -0.15) is 0 Å². The van der Waals surface area contributed by atoms with Crippen molar-refractivity contribution in [1.82, 2.24) is 9.97 Å². The molecule has 3 atom stereocenters. The highest BCUT2D eigenvalue weighted by Crippen LogP contribution is 2.44. The average Bonchev–Trinajstić information content (AvgIpc) is 2.68. The predicted octanol–water partition coefficient (Wildman–Crippen LogP) is 2.73. The Morgan fingerprint density at radius 1 is 1.19 bits per heavy atom. The van der Waals surface area contributed by atoms with Crippen LogP contribution in [0.5, 0.6) is 11.5 Å². The smallest absolute Gasteiger partial charge is 0.161 e. The lowest BCUT2D eigenvalue weighted by Crippen LogP contribution is -2.34. The molecule has 6 heteroatoms. The lowest BCUT2D eigenvalue weighted by atomic mass is 9.74. The number of benzene rings is 1. The zero-order valence-electron chi connectivity index (χ0n) is 15.1. The minimum Gasteiger partial charge on any atom is -0.493 e.